The molecule has 8 nitrogen and oxygen atoms in total. The number of hydrogen-bond donors (Lipinski definition) is 2. The molecule has 1 amide bonds. The number of aryl methyl sites for hydroxylation is 1. The van der Waals surface area contributed by atoms with Crippen LogP contribution in [-0.2, 0) is 4.74 Å². The number of nitrogens with one attached hydrogen (secondary N) is 2. The normalized spacial score (nSPS) is 19.5. The molecule has 3 heterocycles. The van der Waals surface area contributed by atoms with Crippen LogP contribution in [0.5, 0.6) is 0 Å². The molecule has 1 fully saturated rings. The number of H-pyrrole nitrogens is 1. The molecule has 0 spiro atoms. The number of fused-ring (bicyclic) bond motifs is 1. The van der Waals surface area contributed by atoms with Crippen LogP contribution in [0.25, 0.3) is 10.9 Å². The topological polar surface area (TPSA) is 100 Å². The molecule has 10 heteroatoms. The Hall–Kier alpha value is -3.40. The number of carbonyl (C=O) groups is 1. The van der Waals surface area contributed by atoms with E-state index < -0.39 is 17.7 Å². The zero-order valence-corrected chi connectivity index (χ0v) is 18.8. The van der Waals surface area contributed by atoms with Crippen LogP contribution in [0.4, 0.5) is 14.6 Å². The van der Waals surface area contributed by atoms with Gasteiger partial charge in [-0.25, -0.2) is 18.7 Å². The van der Waals surface area contributed by atoms with E-state index in [1.54, 1.807) is 18.7 Å². The summed E-state index contributed by atoms with van der Waals surface area (Å²) in [7, 11) is 0. The molecule has 174 valence electrons. The summed E-state index contributed by atoms with van der Waals surface area (Å²) in [6.07, 6.45) is 1.07. The van der Waals surface area contributed by atoms with Crippen LogP contribution in [0.15, 0.2) is 29.2 Å². The van der Waals surface area contributed by atoms with Gasteiger partial charge in [0.25, 0.3) is 11.5 Å². The van der Waals surface area contributed by atoms with E-state index in [4.69, 9.17) is 4.74 Å². The molecular formula is C23H25F2N5O3. The van der Waals surface area contributed by atoms with Crippen molar-refractivity contribution in [3.8, 4) is 0 Å². The fourth-order valence-electron chi connectivity index (χ4n) is 4.10. The Balaban J connectivity index is 1.55. The summed E-state index contributed by atoms with van der Waals surface area (Å²) in [5.74, 6) is -1.39. The summed E-state index contributed by atoms with van der Waals surface area (Å²) in [6, 6.07) is 2.98. The molecule has 3 atom stereocenters. The molecule has 3 aromatic rings. The number of nitrogens with zero attached hydrogens (tertiary/aromatic N) is 3. The third kappa shape index (κ3) is 4.70. The van der Waals surface area contributed by atoms with Gasteiger partial charge < -0.3 is 19.9 Å². The van der Waals surface area contributed by atoms with Crippen molar-refractivity contribution in [2.45, 2.75) is 45.9 Å². The molecule has 0 bridgehead atoms. The molecule has 1 saturated heterocycles. The lowest BCUT2D eigenvalue weighted by molar-refractivity contribution is -0.0586. The third-order valence-electron chi connectivity index (χ3n) is 5.56. The lowest BCUT2D eigenvalue weighted by Gasteiger charge is -2.35. The standard InChI is InChI=1S/C23H25F2N5O3/c1-11-9-30(10-12(2)33-11)23(32)15-5-19(25)21(26-8-15)27-13(3)16-6-17-20(7-18(16)24)28-14(4)29-22(17)31/h5-8,11-13H,9-10H2,1-4H3,(H,26,27)(H,28,29,31)/t11-,12+,13?. The van der Waals surface area contributed by atoms with E-state index in [2.05, 4.69) is 20.3 Å². The molecule has 0 radical (unpaired) electrons. The van der Waals surface area contributed by atoms with Crippen LogP contribution in [-0.4, -0.2) is 51.1 Å². The number of amides is 1. The monoisotopic (exact) mass is 457 g/mol. The Morgan fingerprint density at radius 1 is 1.21 bits per heavy atom. The molecule has 0 saturated carbocycles. The van der Waals surface area contributed by atoms with E-state index in [0.717, 1.165) is 6.07 Å². The van der Waals surface area contributed by atoms with Gasteiger partial charge in [-0.3, -0.25) is 9.59 Å². The number of aromatic nitrogens is 3. The smallest absolute Gasteiger partial charge is 0.258 e. The number of hydrogen-bond acceptors (Lipinski definition) is 6. The van der Waals surface area contributed by atoms with Gasteiger partial charge in [-0.05, 0) is 39.8 Å². The van der Waals surface area contributed by atoms with E-state index in [9.17, 15) is 18.4 Å². The first-order valence-corrected chi connectivity index (χ1v) is 10.7. The predicted molar refractivity (Wildman–Crippen MR) is 119 cm³/mol. The Labute approximate surface area is 189 Å². The van der Waals surface area contributed by atoms with Crippen LogP contribution in [0.1, 0.15) is 48.6 Å². The summed E-state index contributed by atoms with van der Waals surface area (Å²) in [4.78, 5) is 37.4. The van der Waals surface area contributed by atoms with Gasteiger partial charge in [0.1, 0.15) is 11.6 Å². The van der Waals surface area contributed by atoms with Crippen molar-refractivity contribution < 1.29 is 18.3 Å². The Morgan fingerprint density at radius 3 is 2.58 bits per heavy atom. The maximum Gasteiger partial charge on any atom is 0.258 e. The fourth-order valence-corrected chi connectivity index (χ4v) is 4.10. The number of anilines is 1. The van der Waals surface area contributed by atoms with E-state index in [1.807, 2.05) is 13.8 Å². The Morgan fingerprint density at radius 2 is 1.91 bits per heavy atom. The zero-order chi connectivity index (χ0) is 23.9. The highest BCUT2D eigenvalue weighted by Crippen LogP contribution is 2.25. The van der Waals surface area contributed by atoms with Gasteiger partial charge in [-0.1, -0.05) is 0 Å². The highest BCUT2D eigenvalue weighted by atomic mass is 19.1. The summed E-state index contributed by atoms with van der Waals surface area (Å²) < 4.78 is 35.1. The van der Waals surface area contributed by atoms with Gasteiger partial charge in [0, 0.05) is 30.9 Å². The van der Waals surface area contributed by atoms with Crippen molar-refractivity contribution in [3.63, 3.8) is 0 Å². The molecule has 2 aromatic heterocycles. The largest absolute Gasteiger partial charge is 0.372 e. The summed E-state index contributed by atoms with van der Waals surface area (Å²) in [5, 5.41) is 3.05. The lowest BCUT2D eigenvalue weighted by Crippen LogP contribution is -2.48. The molecule has 0 aliphatic carbocycles. The van der Waals surface area contributed by atoms with E-state index >= 15 is 0 Å². The number of rotatable bonds is 4. The van der Waals surface area contributed by atoms with Crippen molar-refractivity contribution in [2.24, 2.45) is 0 Å². The van der Waals surface area contributed by atoms with Crippen molar-refractivity contribution in [2.75, 3.05) is 18.4 Å². The number of benzene rings is 1. The van der Waals surface area contributed by atoms with Crippen molar-refractivity contribution >= 4 is 22.6 Å². The van der Waals surface area contributed by atoms with Crippen LogP contribution in [0.3, 0.4) is 0 Å². The predicted octanol–water partition coefficient (Wildman–Crippen LogP) is 3.33. The molecule has 2 N–H and O–H groups in total. The number of morpholine rings is 1. The molecule has 1 aliphatic rings. The minimum atomic E-state index is -0.738. The second-order valence-electron chi connectivity index (χ2n) is 8.43. The first-order valence-electron chi connectivity index (χ1n) is 10.7. The van der Waals surface area contributed by atoms with Crippen molar-refractivity contribution in [3.05, 3.63) is 63.3 Å². The Bertz CT molecular complexity index is 1270. The summed E-state index contributed by atoms with van der Waals surface area (Å²) >= 11 is 0. The number of halogens is 2. The minimum Gasteiger partial charge on any atom is -0.372 e. The van der Waals surface area contributed by atoms with Gasteiger partial charge in [0.05, 0.1) is 34.7 Å². The molecule has 33 heavy (non-hydrogen) atoms. The first kappa shape index (κ1) is 22.8. The SMILES string of the molecule is Cc1nc2cc(F)c(C(C)Nc3ncc(C(=O)N4C[C@@H](C)O[C@@H](C)C4)cc3F)cc2c(=O)[nH]1. The van der Waals surface area contributed by atoms with Gasteiger partial charge in [0.15, 0.2) is 11.6 Å². The van der Waals surface area contributed by atoms with E-state index in [0.29, 0.717) is 18.9 Å². The molecule has 4 rings (SSSR count). The quantitative estimate of drug-likeness (QED) is 0.624. The van der Waals surface area contributed by atoms with Crippen molar-refractivity contribution in [1.29, 1.82) is 0 Å². The average molecular weight is 457 g/mol. The van der Waals surface area contributed by atoms with Gasteiger partial charge in [0.2, 0.25) is 0 Å². The van der Waals surface area contributed by atoms with Crippen LogP contribution >= 0.6 is 0 Å². The number of pyridine rings is 1. The Kier molecular flexibility index (Phi) is 6.11. The molecule has 1 unspecified atom stereocenters. The number of aromatic amines is 1. The van der Waals surface area contributed by atoms with Crippen molar-refractivity contribution in [1.82, 2.24) is 19.9 Å². The second kappa shape index (κ2) is 8.86. The van der Waals surface area contributed by atoms with Crippen LogP contribution in [0, 0.1) is 18.6 Å². The van der Waals surface area contributed by atoms with Crippen LogP contribution < -0.4 is 10.9 Å². The maximum absolute atomic E-state index is 14.8. The number of carbonyl (C=O) groups excluding carboxylic acids is 1. The van der Waals surface area contributed by atoms with E-state index in [1.165, 1.54) is 18.3 Å². The highest BCUT2D eigenvalue weighted by Gasteiger charge is 2.27. The summed E-state index contributed by atoms with van der Waals surface area (Å²) in [5.41, 5.74) is 0.140. The van der Waals surface area contributed by atoms with Crippen LogP contribution in [0.2, 0.25) is 0 Å². The molecule has 1 aromatic carbocycles. The average Bonchev–Trinajstić information content (AvgIpc) is 2.73. The number of ether oxygens (including phenoxy) is 1. The highest BCUT2D eigenvalue weighted by molar-refractivity contribution is 5.94. The van der Waals surface area contributed by atoms with Gasteiger partial charge in [-0.15, -0.1) is 0 Å². The maximum atomic E-state index is 14.8. The second-order valence-corrected chi connectivity index (χ2v) is 8.43. The molecular weight excluding hydrogens is 432 g/mol. The molecule has 1 aliphatic heterocycles. The summed E-state index contributed by atoms with van der Waals surface area (Å²) in [6.45, 7) is 7.81. The lowest BCUT2D eigenvalue weighted by atomic mass is 10.0. The fraction of sp³-hybridized carbons (Fsp3) is 0.391. The third-order valence-corrected chi connectivity index (χ3v) is 5.56. The van der Waals surface area contributed by atoms with Gasteiger partial charge in [-0.2, -0.15) is 0 Å². The zero-order valence-electron chi connectivity index (χ0n) is 18.8. The van der Waals surface area contributed by atoms with Gasteiger partial charge >= 0.3 is 0 Å². The van der Waals surface area contributed by atoms with E-state index in [-0.39, 0.29) is 51.5 Å². The first-order chi connectivity index (χ1) is 15.6. The minimum absolute atomic E-state index is 0.111.